The zero-order chi connectivity index (χ0) is 13.7. The molecule has 3 heteroatoms. The van der Waals surface area contributed by atoms with E-state index in [2.05, 4.69) is 24.1 Å². The number of carbonyl (C=O) groups is 1. The maximum absolute atomic E-state index is 12.4. The summed E-state index contributed by atoms with van der Waals surface area (Å²) in [5, 5.41) is 3.33. The summed E-state index contributed by atoms with van der Waals surface area (Å²) in [6.07, 6.45) is 8.92. The molecule has 1 unspecified atom stereocenters. The smallest absolute Gasteiger partial charge is 0.239 e. The van der Waals surface area contributed by atoms with Crippen LogP contribution in [0.25, 0.3) is 0 Å². The third-order valence-corrected chi connectivity index (χ3v) is 5.00. The minimum atomic E-state index is 0.0886. The Bertz CT molecular complexity index is 282. The summed E-state index contributed by atoms with van der Waals surface area (Å²) >= 11 is 0. The molecule has 0 aromatic rings. The molecule has 0 spiro atoms. The van der Waals surface area contributed by atoms with Crippen LogP contribution in [-0.4, -0.2) is 36.5 Å². The number of rotatable bonds is 5. The van der Waals surface area contributed by atoms with E-state index in [-0.39, 0.29) is 6.04 Å². The lowest BCUT2D eigenvalue weighted by molar-refractivity contribution is -0.136. The number of nitrogens with zero attached hydrogens (tertiary/aromatic N) is 1. The van der Waals surface area contributed by atoms with E-state index in [0.29, 0.717) is 5.91 Å². The van der Waals surface area contributed by atoms with Crippen molar-refractivity contribution in [3.8, 4) is 0 Å². The first-order valence-corrected chi connectivity index (χ1v) is 8.26. The van der Waals surface area contributed by atoms with Crippen LogP contribution in [0.15, 0.2) is 0 Å². The van der Waals surface area contributed by atoms with Gasteiger partial charge >= 0.3 is 0 Å². The van der Waals surface area contributed by atoms with Gasteiger partial charge in [-0.05, 0) is 44.1 Å². The molecule has 1 saturated carbocycles. The Morgan fingerprint density at radius 2 is 1.79 bits per heavy atom. The van der Waals surface area contributed by atoms with Crippen LogP contribution in [-0.2, 0) is 4.79 Å². The molecule has 0 aromatic heterocycles. The molecule has 110 valence electrons. The molecule has 1 saturated heterocycles. The zero-order valence-corrected chi connectivity index (χ0v) is 12.7. The molecule has 2 aliphatic rings. The minimum Gasteiger partial charge on any atom is -0.341 e. The van der Waals surface area contributed by atoms with Crippen LogP contribution < -0.4 is 5.32 Å². The molecule has 0 aromatic carbocycles. The van der Waals surface area contributed by atoms with Crippen molar-refractivity contribution in [3.63, 3.8) is 0 Å². The van der Waals surface area contributed by atoms with Gasteiger partial charge in [-0.2, -0.15) is 0 Å². The first kappa shape index (κ1) is 14.8. The maximum atomic E-state index is 12.4. The zero-order valence-electron chi connectivity index (χ0n) is 12.7. The van der Waals surface area contributed by atoms with E-state index in [4.69, 9.17) is 0 Å². The predicted octanol–water partition coefficient (Wildman–Crippen LogP) is 2.80. The molecule has 19 heavy (non-hydrogen) atoms. The highest BCUT2D eigenvalue weighted by Crippen LogP contribution is 2.31. The Hall–Kier alpha value is -0.570. The fourth-order valence-corrected chi connectivity index (χ4v) is 3.69. The van der Waals surface area contributed by atoms with Gasteiger partial charge in [0, 0.05) is 13.1 Å². The molecular weight excluding hydrogens is 236 g/mol. The minimum absolute atomic E-state index is 0.0886. The first-order chi connectivity index (χ1) is 9.24. The predicted molar refractivity (Wildman–Crippen MR) is 79.0 cm³/mol. The lowest BCUT2D eigenvalue weighted by Crippen LogP contribution is -2.52. The summed E-state index contributed by atoms with van der Waals surface area (Å²) in [7, 11) is 0. The van der Waals surface area contributed by atoms with Crippen molar-refractivity contribution < 1.29 is 4.79 Å². The highest BCUT2D eigenvalue weighted by molar-refractivity contribution is 5.82. The number of likely N-dealkylation sites (tertiary alicyclic amines) is 1. The molecule has 1 N–H and O–H groups in total. The number of piperidine rings is 1. The molecular formula is C16H30N2O. The van der Waals surface area contributed by atoms with E-state index >= 15 is 0 Å². The van der Waals surface area contributed by atoms with E-state index in [1.807, 2.05) is 0 Å². The largest absolute Gasteiger partial charge is 0.341 e. The SMILES string of the molecule is CCNC1CCCN(CC2CCC(CC)CC2)C1=O. The summed E-state index contributed by atoms with van der Waals surface area (Å²) in [5.74, 6) is 2.06. The van der Waals surface area contributed by atoms with Crippen molar-refractivity contribution >= 4 is 5.91 Å². The second kappa shape index (κ2) is 7.28. The average molecular weight is 266 g/mol. The van der Waals surface area contributed by atoms with Crippen molar-refractivity contribution in [3.05, 3.63) is 0 Å². The Kier molecular flexibility index (Phi) is 5.68. The molecule has 3 nitrogen and oxygen atoms in total. The molecule has 1 aliphatic heterocycles. The van der Waals surface area contributed by atoms with E-state index in [1.54, 1.807) is 0 Å². The fourth-order valence-electron chi connectivity index (χ4n) is 3.69. The molecule has 1 amide bonds. The lowest BCUT2D eigenvalue weighted by atomic mass is 9.80. The number of amides is 1. The number of likely N-dealkylation sites (N-methyl/N-ethyl adjacent to an activating group) is 1. The monoisotopic (exact) mass is 266 g/mol. The van der Waals surface area contributed by atoms with Gasteiger partial charge in [-0.3, -0.25) is 4.79 Å². The molecule has 2 fully saturated rings. The molecule has 2 rings (SSSR count). The molecule has 1 heterocycles. The van der Waals surface area contributed by atoms with Crippen LogP contribution in [0.5, 0.6) is 0 Å². The standard InChI is InChI=1S/C16H30N2O/c1-3-13-7-9-14(10-8-13)12-18-11-5-6-15(16(18)19)17-4-2/h13-15,17H,3-12H2,1-2H3. The van der Waals surface area contributed by atoms with Crippen molar-refractivity contribution in [1.29, 1.82) is 0 Å². The molecule has 0 bridgehead atoms. The van der Waals surface area contributed by atoms with E-state index in [0.717, 1.165) is 44.3 Å². The normalized spacial score (nSPS) is 32.6. The molecule has 1 atom stereocenters. The summed E-state index contributed by atoms with van der Waals surface area (Å²) < 4.78 is 0. The maximum Gasteiger partial charge on any atom is 0.239 e. The summed E-state index contributed by atoms with van der Waals surface area (Å²) in [4.78, 5) is 14.5. The van der Waals surface area contributed by atoms with Gasteiger partial charge in [0.15, 0.2) is 0 Å². The van der Waals surface area contributed by atoms with Crippen molar-refractivity contribution in [1.82, 2.24) is 10.2 Å². The van der Waals surface area contributed by atoms with Gasteiger partial charge in [0.25, 0.3) is 0 Å². The summed E-state index contributed by atoms with van der Waals surface area (Å²) in [6.45, 7) is 7.27. The van der Waals surface area contributed by atoms with Crippen LogP contribution in [0.4, 0.5) is 0 Å². The van der Waals surface area contributed by atoms with Gasteiger partial charge in [0.05, 0.1) is 6.04 Å². The van der Waals surface area contributed by atoms with Crippen LogP contribution in [0.3, 0.4) is 0 Å². The van der Waals surface area contributed by atoms with Gasteiger partial charge in [-0.1, -0.05) is 33.1 Å². The van der Waals surface area contributed by atoms with Gasteiger partial charge in [0.1, 0.15) is 0 Å². The van der Waals surface area contributed by atoms with Gasteiger partial charge in [-0.15, -0.1) is 0 Å². The van der Waals surface area contributed by atoms with Gasteiger partial charge in [0.2, 0.25) is 5.91 Å². The van der Waals surface area contributed by atoms with E-state index in [1.165, 1.54) is 32.1 Å². The second-order valence-corrected chi connectivity index (χ2v) is 6.33. The molecule has 0 radical (unpaired) electrons. The Balaban J connectivity index is 1.80. The highest BCUT2D eigenvalue weighted by atomic mass is 16.2. The topological polar surface area (TPSA) is 32.3 Å². The fraction of sp³-hybridized carbons (Fsp3) is 0.938. The third-order valence-electron chi connectivity index (χ3n) is 5.00. The first-order valence-electron chi connectivity index (χ1n) is 8.26. The van der Waals surface area contributed by atoms with Crippen molar-refractivity contribution in [2.24, 2.45) is 11.8 Å². The third kappa shape index (κ3) is 3.95. The molecule has 1 aliphatic carbocycles. The number of hydrogen-bond donors (Lipinski definition) is 1. The quantitative estimate of drug-likeness (QED) is 0.830. The van der Waals surface area contributed by atoms with Crippen LogP contribution in [0.1, 0.15) is 58.8 Å². The average Bonchev–Trinajstić information content (AvgIpc) is 2.44. The second-order valence-electron chi connectivity index (χ2n) is 6.33. The summed E-state index contributed by atoms with van der Waals surface area (Å²) in [5.41, 5.74) is 0. The van der Waals surface area contributed by atoms with Crippen LogP contribution in [0.2, 0.25) is 0 Å². The highest BCUT2D eigenvalue weighted by Gasteiger charge is 2.30. The van der Waals surface area contributed by atoms with Crippen LogP contribution in [0, 0.1) is 11.8 Å². The number of carbonyl (C=O) groups excluding carboxylic acids is 1. The van der Waals surface area contributed by atoms with Crippen molar-refractivity contribution in [2.45, 2.75) is 64.8 Å². The van der Waals surface area contributed by atoms with E-state index in [9.17, 15) is 4.79 Å². The van der Waals surface area contributed by atoms with Crippen LogP contribution >= 0.6 is 0 Å². The van der Waals surface area contributed by atoms with Crippen molar-refractivity contribution in [2.75, 3.05) is 19.6 Å². The Labute approximate surface area is 118 Å². The lowest BCUT2D eigenvalue weighted by Gasteiger charge is -2.37. The Morgan fingerprint density at radius 1 is 1.11 bits per heavy atom. The van der Waals surface area contributed by atoms with Gasteiger partial charge in [-0.25, -0.2) is 0 Å². The Morgan fingerprint density at radius 3 is 2.42 bits per heavy atom. The van der Waals surface area contributed by atoms with Gasteiger partial charge < -0.3 is 10.2 Å². The summed E-state index contributed by atoms with van der Waals surface area (Å²) in [6, 6.07) is 0.0886. The number of hydrogen-bond acceptors (Lipinski definition) is 2. The number of nitrogens with one attached hydrogen (secondary N) is 1. The van der Waals surface area contributed by atoms with E-state index < -0.39 is 0 Å².